The molecule has 0 spiro atoms. The standard InChI is InChI=1S/C23H25BrN2O4/c1-22(2)8-14-20(17(27)10-22)19(12-5-6-13(24)16(7-12)26(29)30)21-15(25-14)9-23(3,4)11-18(21)28/h5-7,19,25H,8-11H2,1-4H3. The van der Waals surface area contributed by atoms with Gasteiger partial charge in [0, 0.05) is 47.4 Å². The predicted molar refractivity (Wildman–Crippen MR) is 117 cm³/mol. The molecule has 1 aromatic rings. The zero-order valence-electron chi connectivity index (χ0n) is 17.6. The average Bonchev–Trinajstić information content (AvgIpc) is 2.57. The molecule has 0 saturated heterocycles. The van der Waals surface area contributed by atoms with E-state index in [0.717, 1.165) is 11.4 Å². The van der Waals surface area contributed by atoms with Gasteiger partial charge in [0.2, 0.25) is 0 Å². The first-order chi connectivity index (χ1) is 13.9. The maximum absolute atomic E-state index is 13.2. The van der Waals surface area contributed by atoms with Crippen molar-refractivity contribution in [2.45, 2.75) is 59.3 Å². The highest BCUT2D eigenvalue weighted by atomic mass is 79.9. The number of nitro benzene ring substituents is 1. The van der Waals surface area contributed by atoms with Gasteiger partial charge in [-0.1, -0.05) is 33.8 Å². The molecule has 4 rings (SSSR count). The second-order valence-corrected chi connectivity index (χ2v) is 11.0. The number of rotatable bonds is 2. The zero-order valence-corrected chi connectivity index (χ0v) is 19.2. The summed E-state index contributed by atoms with van der Waals surface area (Å²) in [6.45, 7) is 8.26. The molecular formula is C23H25BrN2O4. The zero-order chi connectivity index (χ0) is 22.0. The number of dihydropyridines is 1. The molecule has 6 nitrogen and oxygen atoms in total. The summed E-state index contributed by atoms with van der Waals surface area (Å²) in [6, 6.07) is 4.90. The second kappa shape index (κ2) is 6.87. The van der Waals surface area contributed by atoms with Gasteiger partial charge in [0.25, 0.3) is 5.69 Å². The van der Waals surface area contributed by atoms with Crippen LogP contribution >= 0.6 is 15.9 Å². The molecule has 0 fully saturated rings. The van der Waals surface area contributed by atoms with Gasteiger partial charge in [-0.05, 0) is 51.2 Å². The molecule has 0 bridgehead atoms. The number of carbonyl (C=O) groups is 2. The number of nitrogens with one attached hydrogen (secondary N) is 1. The van der Waals surface area contributed by atoms with Gasteiger partial charge in [-0.2, -0.15) is 0 Å². The molecule has 1 N–H and O–H groups in total. The summed E-state index contributed by atoms with van der Waals surface area (Å²) in [5.74, 6) is -0.544. The minimum Gasteiger partial charge on any atom is -0.362 e. The van der Waals surface area contributed by atoms with E-state index < -0.39 is 10.8 Å². The number of Topliss-reactive ketones (excluding diaryl/α,β-unsaturated/α-hetero) is 2. The van der Waals surface area contributed by atoms with Crippen molar-refractivity contribution in [3.63, 3.8) is 0 Å². The Balaban J connectivity index is 1.94. The van der Waals surface area contributed by atoms with Crippen molar-refractivity contribution in [3.8, 4) is 0 Å². The Hall–Kier alpha value is -2.28. The highest BCUT2D eigenvalue weighted by Crippen LogP contribution is 2.51. The van der Waals surface area contributed by atoms with Gasteiger partial charge in [0.15, 0.2) is 11.6 Å². The smallest absolute Gasteiger partial charge is 0.283 e. The van der Waals surface area contributed by atoms with Crippen LogP contribution in [0.4, 0.5) is 5.69 Å². The van der Waals surface area contributed by atoms with E-state index in [1.165, 1.54) is 6.07 Å². The minimum atomic E-state index is -0.560. The molecule has 1 aliphatic heterocycles. The SMILES string of the molecule is CC1(C)CC(=O)C2=C(C1)NC1=C(C(=O)CC(C)(C)C1)C2c1ccc(Br)c([N+](=O)[O-])c1. The molecule has 0 atom stereocenters. The van der Waals surface area contributed by atoms with Crippen molar-refractivity contribution in [3.05, 3.63) is 60.9 Å². The lowest BCUT2D eigenvalue weighted by Crippen LogP contribution is -2.42. The van der Waals surface area contributed by atoms with E-state index in [0.29, 0.717) is 46.9 Å². The lowest BCUT2D eigenvalue weighted by molar-refractivity contribution is -0.385. The van der Waals surface area contributed by atoms with Crippen LogP contribution in [-0.4, -0.2) is 16.5 Å². The number of hydrogen-bond donors (Lipinski definition) is 1. The van der Waals surface area contributed by atoms with E-state index >= 15 is 0 Å². The maximum Gasteiger partial charge on any atom is 0.283 e. The van der Waals surface area contributed by atoms with E-state index in [4.69, 9.17) is 0 Å². The lowest BCUT2D eigenvalue weighted by Gasteiger charge is -2.43. The molecule has 158 valence electrons. The molecule has 0 radical (unpaired) electrons. The largest absolute Gasteiger partial charge is 0.362 e. The lowest BCUT2D eigenvalue weighted by atomic mass is 9.64. The van der Waals surface area contributed by atoms with E-state index in [1.54, 1.807) is 12.1 Å². The molecular weight excluding hydrogens is 448 g/mol. The third-order valence-corrected chi connectivity index (χ3v) is 6.89. The van der Waals surface area contributed by atoms with Crippen molar-refractivity contribution in [2.75, 3.05) is 0 Å². The Kier molecular flexibility index (Phi) is 4.80. The van der Waals surface area contributed by atoms with Gasteiger partial charge in [-0.3, -0.25) is 19.7 Å². The fraction of sp³-hybridized carbons (Fsp3) is 0.478. The molecule has 3 aliphatic rings. The number of ketones is 2. The highest BCUT2D eigenvalue weighted by molar-refractivity contribution is 9.10. The predicted octanol–water partition coefficient (Wildman–Crippen LogP) is 5.33. The molecule has 0 saturated carbocycles. The molecule has 0 amide bonds. The van der Waals surface area contributed by atoms with Crippen LogP contribution in [0.5, 0.6) is 0 Å². The molecule has 0 unspecified atom stereocenters. The summed E-state index contributed by atoms with van der Waals surface area (Å²) in [7, 11) is 0. The molecule has 7 heteroatoms. The summed E-state index contributed by atoms with van der Waals surface area (Å²) < 4.78 is 0.376. The van der Waals surface area contributed by atoms with Crippen LogP contribution in [0.25, 0.3) is 0 Å². The first-order valence-electron chi connectivity index (χ1n) is 10.1. The normalized spacial score (nSPS) is 23.1. The first kappa shape index (κ1) is 21.0. The number of nitrogens with zero attached hydrogens (tertiary/aromatic N) is 1. The van der Waals surface area contributed by atoms with Crippen molar-refractivity contribution >= 4 is 33.2 Å². The van der Waals surface area contributed by atoms with Crippen molar-refractivity contribution in [2.24, 2.45) is 10.8 Å². The van der Waals surface area contributed by atoms with Crippen LogP contribution in [0.2, 0.25) is 0 Å². The number of allylic oxidation sites excluding steroid dienone is 4. The topological polar surface area (TPSA) is 89.3 Å². The van der Waals surface area contributed by atoms with Crippen LogP contribution in [0.15, 0.2) is 45.2 Å². The Morgan fingerprint density at radius 2 is 1.47 bits per heavy atom. The van der Waals surface area contributed by atoms with Crippen LogP contribution in [0, 0.1) is 20.9 Å². The number of benzene rings is 1. The van der Waals surface area contributed by atoms with Crippen LogP contribution in [0.1, 0.15) is 64.9 Å². The van der Waals surface area contributed by atoms with Crippen molar-refractivity contribution in [1.82, 2.24) is 5.32 Å². The van der Waals surface area contributed by atoms with Crippen molar-refractivity contribution < 1.29 is 14.5 Å². The summed E-state index contributed by atoms with van der Waals surface area (Å²) >= 11 is 3.23. The first-order valence-corrected chi connectivity index (χ1v) is 10.9. The van der Waals surface area contributed by atoms with Gasteiger partial charge in [-0.15, -0.1) is 0 Å². The monoisotopic (exact) mass is 472 g/mol. The third-order valence-electron chi connectivity index (χ3n) is 6.22. The minimum absolute atomic E-state index is 0.00788. The summed E-state index contributed by atoms with van der Waals surface area (Å²) in [5.41, 5.74) is 3.11. The Morgan fingerprint density at radius 1 is 0.967 bits per heavy atom. The van der Waals surface area contributed by atoms with E-state index in [9.17, 15) is 19.7 Å². The molecule has 0 aromatic heterocycles. The van der Waals surface area contributed by atoms with Crippen LogP contribution < -0.4 is 5.32 Å². The Bertz CT molecular complexity index is 1010. The van der Waals surface area contributed by atoms with Gasteiger partial charge >= 0.3 is 0 Å². The molecule has 1 aromatic carbocycles. The fourth-order valence-corrected chi connectivity index (χ4v) is 5.46. The number of hydrogen-bond acceptors (Lipinski definition) is 5. The second-order valence-electron chi connectivity index (χ2n) is 10.2. The van der Waals surface area contributed by atoms with Crippen LogP contribution in [0.3, 0.4) is 0 Å². The number of halogens is 1. The summed E-state index contributed by atoms with van der Waals surface area (Å²) in [5, 5.41) is 15.0. The van der Waals surface area contributed by atoms with Crippen LogP contribution in [-0.2, 0) is 9.59 Å². The Labute approximate surface area is 184 Å². The van der Waals surface area contributed by atoms with Gasteiger partial charge in [0.05, 0.1) is 9.40 Å². The summed E-state index contributed by atoms with van der Waals surface area (Å²) in [4.78, 5) is 37.6. The van der Waals surface area contributed by atoms with Crippen molar-refractivity contribution in [1.29, 1.82) is 0 Å². The Morgan fingerprint density at radius 3 is 1.93 bits per heavy atom. The summed E-state index contributed by atoms with van der Waals surface area (Å²) in [6.07, 6.45) is 2.19. The molecule has 2 aliphatic carbocycles. The van der Waals surface area contributed by atoms with E-state index in [2.05, 4.69) is 48.9 Å². The third kappa shape index (κ3) is 3.53. The molecule has 30 heavy (non-hydrogen) atoms. The number of nitro groups is 1. The van der Waals surface area contributed by atoms with Gasteiger partial charge in [-0.25, -0.2) is 0 Å². The molecule has 1 heterocycles. The van der Waals surface area contributed by atoms with Gasteiger partial charge in [0.1, 0.15) is 0 Å². The van der Waals surface area contributed by atoms with E-state index in [-0.39, 0.29) is 28.1 Å². The van der Waals surface area contributed by atoms with E-state index in [1.807, 2.05) is 0 Å². The van der Waals surface area contributed by atoms with Gasteiger partial charge < -0.3 is 5.32 Å². The fourth-order valence-electron chi connectivity index (χ4n) is 5.07. The maximum atomic E-state index is 13.2. The number of carbonyl (C=O) groups excluding carboxylic acids is 2. The average molecular weight is 473 g/mol. The highest BCUT2D eigenvalue weighted by Gasteiger charge is 2.46. The quantitative estimate of drug-likeness (QED) is 0.463.